The first-order valence-corrected chi connectivity index (χ1v) is 5.41. The molecule has 1 saturated carbocycles. The molecule has 0 aliphatic heterocycles. The first-order valence-electron chi connectivity index (χ1n) is 5.41. The molecule has 3 rings (SSSR count). The highest BCUT2D eigenvalue weighted by Crippen LogP contribution is 2.37. The van der Waals surface area contributed by atoms with Gasteiger partial charge in [-0.05, 0) is 25.7 Å². The number of carbonyl (C=O) groups is 1. The van der Waals surface area contributed by atoms with Crippen LogP contribution in [0.25, 0.3) is 0 Å². The lowest BCUT2D eigenvalue weighted by molar-refractivity contribution is -0.142. The van der Waals surface area contributed by atoms with Gasteiger partial charge in [-0.3, -0.25) is 4.79 Å². The minimum Gasteiger partial charge on any atom is -0.481 e. The lowest BCUT2D eigenvalue weighted by Crippen LogP contribution is -2.23. The lowest BCUT2D eigenvalue weighted by Gasteiger charge is -2.17. The molecule has 0 bridgehead atoms. The average molecular weight is 207 g/mol. The van der Waals surface area contributed by atoms with E-state index in [1.54, 1.807) is 0 Å². The van der Waals surface area contributed by atoms with Crippen LogP contribution < -0.4 is 0 Å². The van der Waals surface area contributed by atoms with E-state index in [0.29, 0.717) is 12.5 Å². The third kappa shape index (κ3) is 1.42. The van der Waals surface area contributed by atoms with Gasteiger partial charge in [0, 0.05) is 6.42 Å². The van der Waals surface area contributed by atoms with Gasteiger partial charge in [0.05, 0.1) is 23.3 Å². The van der Waals surface area contributed by atoms with E-state index in [1.807, 2.05) is 4.68 Å². The van der Waals surface area contributed by atoms with Crippen molar-refractivity contribution in [2.24, 2.45) is 5.92 Å². The largest absolute Gasteiger partial charge is 0.481 e. The van der Waals surface area contributed by atoms with Crippen molar-refractivity contribution in [2.75, 3.05) is 0 Å². The van der Waals surface area contributed by atoms with Crippen LogP contribution in [-0.4, -0.2) is 26.1 Å². The molecule has 2 aliphatic carbocycles. The topological polar surface area (TPSA) is 68.0 Å². The fourth-order valence-electron chi connectivity index (χ4n) is 2.23. The zero-order valence-electron chi connectivity index (χ0n) is 8.39. The molecule has 0 amide bonds. The van der Waals surface area contributed by atoms with Gasteiger partial charge in [0.1, 0.15) is 0 Å². The Morgan fingerprint density at radius 3 is 2.87 bits per heavy atom. The summed E-state index contributed by atoms with van der Waals surface area (Å²) in [5, 5.41) is 17.2. The predicted octanol–water partition coefficient (Wildman–Crippen LogP) is 0.802. The number of aliphatic carboxylic acids is 1. The van der Waals surface area contributed by atoms with Crippen LogP contribution in [0.3, 0.4) is 0 Å². The Labute approximate surface area is 87.1 Å². The summed E-state index contributed by atoms with van der Waals surface area (Å²) in [5.41, 5.74) is 2.08. The zero-order valence-corrected chi connectivity index (χ0v) is 8.39. The van der Waals surface area contributed by atoms with Crippen molar-refractivity contribution in [1.82, 2.24) is 15.0 Å². The number of nitrogens with zero attached hydrogens (tertiary/aromatic N) is 3. The molecule has 15 heavy (non-hydrogen) atoms. The second kappa shape index (κ2) is 3.05. The Balaban J connectivity index is 1.88. The van der Waals surface area contributed by atoms with E-state index in [-0.39, 0.29) is 5.92 Å². The average Bonchev–Trinajstić information content (AvgIpc) is 2.98. The van der Waals surface area contributed by atoms with Crippen LogP contribution in [0.4, 0.5) is 0 Å². The lowest BCUT2D eigenvalue weighted by atomic mass is 9.90. The summed E-state index contributed by atoms with van der Waals surface area (Å²) in [6, 6.07) is 0.544. The second-order valence-corrected chi connectivity index (χ2v) is 4.44. The molecule has 1 fully saturated rings. The van der Waals surface area contributed by atoms with E-state index in [2.05, 4.69) is 10.3 Å². The Hall–Kier alpha value is -1.39. The highest BCUT2D eigenvalue weighted by Gasteiger charge is 2.33. The molecule has 5 heteroatoms. The number of hydrogen-bond acceptors (Lipinski definition) is 3. The SMILES string of the molecule is O=C(O)C1CCc2c(nnn2C2CC2)C1. The molecule has 2 aliphatic rings. The monoisotopic (exact) mass is 207 g/mol. The van der Waals surface area contributed by atoms with E-state index >= 15 is 0 Å². The van der Waals surface area contributed by atoms with Crippen LogP contribution in [0.5, 0.6) is 0 Å². The van der Waals surface area contributed by atoms with Crippen molar-refractivity contribution >= 4 is 5.97 Å². The first kappa shape index (κ1) is 8.88. The normalized spacial score (nSPS) is 24.9. The van der Waals surface area contributed by atoms with Gasteiger partial charge in [0.2, 0.25) is 0 Å². The first-order chi connectivity index (χ1) is 7.25. The van der Waals surface area contributed by atoms with Gasteiger partial charge in [-0.15, -0.1) is 5.10 Å². The summed E-state index contributed by atoms with van der Waals surface area (Å²) in [7, 11) is 0. The molecule has 1 aromatic heterocycles. The van der Waals surface area contributed by atoms with Crippen molar-refractivity contribution in [3.05, 3.63) is 11.4 Å². The third-order valence-electron chi connectivity index (χ3n) is 3.28. The molecule has 1 heterocycles. The van der Waals surface area contributed by atoms with Crippen LogP contribution in [-0.2, 0) is 17.6 Å². The highest BCUT2D eigenvalue weighted by molar-refractivity contribution is 5.70. The summed E-state index contributed by atoms with van der Waals surface area (Å²) >= 11 is 0. The van der Waals surface area contributed by atoms with Crippen LogP contribution in [0.1, 0.15) is 36.7 Å². The quantitative estimate of drug-likeness (QED) is 0.779. The zero-order chi connectivity index (χ0) is 10.4. The van der Waals surface area contributed by atoms with Gasteiger partial charge < -0.3 is 5.11 Å². The minimum absolute atomic E-state index is 0.262. The maximum atomic E-state index is 10.9. The molecule has 5 nitrogen and oxygen atoms in total. The van der Waals surface area contributed by atoms with Crippen LogP contribution in [0, 0.1) is 5.92 Å². The summed E-state index contributed by atoms with van der Waals surface area (Å²) < 4.78 is 2.01. The van der Waals surface area contributed by atoms with Gasteiger partial charge in [-0.2, -0.15) is 0 Å². The molecule has 1 unspecified atom stereocenters. The highest BCUT2D eigenvalue weighted by atomic mass is 16.4. The molecule has 0 radical (unpaired) electrons. The van der Waals surface area contributed by atoms with Gasteiger partial charge >= 0.3 is 5.97 Å². The molecule has 1 atom stereocenters. The second-order valence-electron chi connectivity index (χ2n) is 4.44. The molecule has 0 saturated heterocycles. The summed E-state index contributed by atoms with van der Waals surface area (Å²) in [4.78, 5) is 10.9. The molecule has 0 aromatic carbocycles. The maximum absolute atomic E-state index is 10.9. The number of aromatic nitrogens is 3. The van der Waals surface area contributed by atoms with Crippen molar-refractivity contribution in [3.8, 4) is 0 Å². The molecule has 0 spiro atoms. The Morgan fingerprint density at radius 1 is 1.40 bits per heavy atom. The fourth-order valence-corrected chi connectivity index (χ4v) is 2.23. The van der Waals surface area contributed by atoms with Crippen molar-refractivity contribution in [2.45, 2.75) is 38.1 Å². The molecule has 80 valence electrons. The standard InChI is InChI=1S/C10H13N3O2/c14-10(15)6-1-4-9-8(5-6)11-12-13(9)7-2-3-7/h6-7H,1-5H2,(H,14,15). The van der Waals surface area contributed by atoms with E-state index in [0.717, 1.165) is 18.5 Å². The maximum Gasteiger partial charge on any atom is 0.306 e. The molecule has 1 aromatic rings. The van der Waals surface area contributed by atoms with E-state index in [1.165, 1.54) is 18.5 Å². The number of rotatable bonds is 2. The minimum atomic E-state index is -0.707. The molecular formula is C10H13N3O2. The number of fused-ring (bicyclic) bond motifs is 1. The molecule has 1 N–H and O–H groups in total. The summed E-state index contributed by atoms with van der Waals surface area (Å²) in [6.07, 6.45) is 4.48. The van der Waals surface area contributed by atoms with Crippen LogP contribution >= 0.6 is 0 Å². The van der Waals surface area contributed by atoms with Crippen molar-refractivity contribution in [3.63, 3.8) is 0 Å². The third-order valence-corrected chi connectivity index (χ3v) is 3.28. The van der Waals surface area contributed by atoms with Crippen LogP contribution in [0.15, 0.2) is 0 Å². The van der Waals surface area contributed by atoms with Gasteiger partial charge in [-0.1, -0.05) is 5.21 Å². The van der Waals surface area contributed by atoms with Crippen molar-refractivity contribution < 1.29 is 9.90 Å². The molecular weight excluding hydrogens is 194 g/mol. The van der Waals surface area contributed by atoms with Crippen molar-refractivity contribution in [1.29, 1.82) is 0 Å². The van der Waals surface area contributed by atoms with Crippen LogP contribution in [0.2, 0.25) is 0 Å². The fraction of sp³-hybridized carbons (Fsp3) is 0.700. The predicted molar refractivity (Wildman–Crippen MR) is 51.4 cm³/mol. The smallest absolute Gasteiger partial charge is 0.306 e. The number of carboxylic acids is 1. The Bertz CT molecular complexity index is 409. The number of hydrogen-bond donors (Lipinski definition) is 1. The van der Waals surface area contributed by atoms with Gasteiger partial charge in [0.15, 0.2) is 0 Å². The van der Waals surface area contributed by atoms with Gasteiger partial charge in [-0.25, -0.2) is 4.68 Å². The van der Waals surface area contributed by atoms with E-state index in [4.69, 9.17) is 5.11 Å². The number of carboxylic acid groups (broad SMARTS) is 1. The Kier molecular flexibility index (Phi) is 1.81. The Morgan fingerprint density at radius 2 is 2.20 bits per heavy atom. The summed E-state index contributed by atoms with van der Waals surface area (Å²) in [6.45, 7) is 0. The van der Waals surface area contributed by atoms with Gasteiger partial charge in [0.25, 0.3) is 0 Å². The van der Waals surface area contributed by atoms with E-state index in [9.17, 15) is 4.79 Å². The van der Waals surface area contributed by atoms with E-state index < -0.39 is 5.97 Å². The summed E-state index contributed by atoms with van der Waals surface area (Å²) in [5.74, 6) is -0.969.